The van der Waals surface area contributed by atoms with Crippen molar-refractivity contribution in [3.8, 4) is 0 Å². The van der Waals surface area contributed by atoms with Gasteiger partial charge in [0.15, 0.2) is 0 Å². The van der Waals surface area contributed by atoms with E-state index in [4.69, 9.17) is 9.84 Å². The van der Waals surface area contributed by atoms with Gasteiger partial charge in [0.05, 0.1) is 6.61 Å². The van der Waals surface area contributed by atoms with Crippen molar-refractivity contribution in [2.75, 3.05) is 26.3 Å². The van der Waals surface area contributed by atoms with Crippen LogP contribution in [-0.2, 0) is 9.53 Å². The molecule has 0 radical (unpaired) electrons. The zero-order valence-corrected chi connectivity index (χ0v) is 9.44. The standard InChI is InChI=1S/C10H18N2O4/c1-8(14)11-9-2-4-12(5-3-9)10(15)16-7-6-13/h9,13H,2-7H2,1H3,(H,11,14). The molecule has 16 heavy (non-hydrogen) atoms. The van der Waals surface area contributed by atoms with E-state index in [9.17, 15) is 9.59 Å². The first-order valence-electron chi connectivity index (χ1n) is 5.43. The maximum Gasteiger partial charge on any atom is 0.409 e. The zero-order valence-electron chi connectivity index (χ0n) is 9.44. The number of nitrogens with one attached hydrogen (secondary N) is 1. The Hall–Kier alpha value is -1.30. The molecule has 0 aromatic rings. The highest BCUT2D eigenvalue weighted by Crippen LogP contribution is 2.11. The molecule has 0 aliphatic carbocycles. The molecule has 92 valence electrons. The van der Waals surface area contributed by atoms with Gasteiger partial charge in [0.1, 0.15) is 6.61 Å². The minimum absolute atomic E-state index is 0.0322. The lowest BCUT2D eigenvalue weighted by Crippen LogP contribution is -2.46. The molecule has 0 unspecified atom stereocenters. The summed E-state index contributed by atoms with van der Waals surface area (Å²) in [5.74, 6) is -0.0405. The van der Waals surface area contributed by atoms with Gasteiger partial charge in [-0.05, 0) is 12.8 Å². The second-order valence-corrected chi connectivity index (χ2v) is 3.80. The average Bonchev–Trinajstić information content (AvgIpc) is 2.26. The molecule has 0 aromatic carbocycles. The number of aliphatic hydroxyl groups excluding tert-OH is 1. The number of hydrogen-bond donors (Lipinski definition) is 2. The Labute approximate surface area is 94.6 Å². The molecule has 6 heteroatoms. The van der Waals surface area contributed by atoms with Crippen LogP contribution >= 0.6 is 0 Å². The summed E-state index contributed by atoms with van der Waals surface area (Å²) in [7, 11) is 0. The molecule has 0 saturated carbocycles. The van der Waals surface area contributed by atoms with Crippen LogP contribution in [0.2, 0.25) is 0 Å². The lowest BCUT2D eigenvalue weighted by atomic mass is 10.1. The molecule has 2 amide bonds. The highest BCUT2D eigenvalue weighted by Gasteiger charge is 2.23. The SMILES string of the molecule is CC(=O)NC1CCN(C(=O)OCCO)CC1. The molecule has 1 saturated heterocycles. The van der Waals surface area contributed by atoms with Crippen molar-refractivity contribution < 1.29 is 19.4 Å². The van der Waals surface area contributed by atoms with Crippen LogP contribution in [0.4, 0.5) is 4.79 Å². The van der Waals surface area contributed by atoms with E-state index in [0.717, 1.165) is 12.8 Å². The number of amides is 2. The maximum absolute atomic E-state index is 11.4. The molecule has 0 spiro atoms. The summed E-state index contributed by atoms with van der Waals surface area (Å²) in [6.45, 7) is 2.52. The molecule has 1 rings (SSSR count). The number of carbonyl (C=O) groups excluding carboxylic acids is 2. The van der Waals surface area contributed by atoms with Crippen LogP contribution < -0.4 is 5.32 Å². The van der Waals surface area contributed by atoms with Crippen molar-refractivity contribution in [3.63, 3.8) is 0 Å². The first kappa shape index (κ1) is 12.8. The first-order chi connectivity index (χ1) is 7.63. The summed E-state index contributed by atoms with van der Waals surface area (Å²) < 4.78 is 4.80. The Bertz CT molecular complexity index is 249. The Morgan fingerprint density at radius 3 is 2.56 bits per heavy atom. The third-order valence-electron chi connectivity index (χ3n) is 2.48. The largest absolute Gasteiger partial charge is 0.447 e. The number of carbonyl (C=O) groups is 2. The highest BCUT2D eigenvalue weighted by molar-refractivity contribution is 5.73. The van der Waals surface area contributed by atoms with Crippen LogP contribution in [0.5, 0.6) is 0 Å². The minimum atomic E-state index is -0.393. The van der Waals surface area contributed by atoms with Crippen LogP contribution in [0.3, 0.4) is 0 Å². The molecule has 6 nitrogen and oxygen atoms in total. The van der Waals surface area contributed by atoms with Crippen molar-refractivity contribution in [1.82, 2.24) is 10.2 Å². The Kier molecular flexibility index (Phi) is 5.04. The lowest BCUT2D eigenvalue weighted by molar-refractivity contribution is -0.119. The molecule has 1 fully saturated rings. The molecule has 0 bridgehead atoms. The maximum atomic E-state index is 11.4. The minimum Gasteiger partial charge on any atom is -0.447 e. The fourth-order valence-electron chi connectivity index (χ4n) is 1.72. The van der Waals surface area contributed by atoms with Crippen molar-refractivity contribution in [1.29, 1.82) is 0 Å². The predicted octanol–water partition coefficient (Wildman–Crippen LogP) is -0.284. The second-order valence-electron chi connectivity index (χ2n) is 3.80. The summed E-state index contributed by atoms with van der Waals surface area (Å²) in [6.07, 6.45) is 1.09. The fraction of sp³-hybridized carbons (Fsp3) is 0.800. The van der Waals surface area contributed by atoms with Gasteiger partial charge < -0.3 is 20.1 Å². The van der Waals surface area contributed by atoms with Gasteiger partial charge in [-0.25, -0.2) is 4.79 Å². The van der Waals surface area contributed by atoms with Crippen LogP contribution in [-0.4, -0.2) is 54.4 Å². The summed E-state index contributed by atoms with van der Waals surface area (Å²) >= 11 is 0. The molecule has 1 aliphatic rings. The second kappa shape index (κ2) is 6.32. The number of nitrogens with zero attached hydrogens (tertiary/aromatic N) is 1. The van der Waals surface area contributed by atoms with E-state index >= 15 is 0 Å². The fourth-order valence-corrected chi connectivity index (χ4v) is 1.72. The zero-order chi connectivity index (χ0) is 12.0. The summed E-state index contributed by atoms with van der Waals surface area (Å²) in [5, 5.41) is 11.3. The number of hydrogen-bond acceptors (Lipinski definition) is 4. The van der Waals surface area contributed by atoms with E-state index in [1.807, 2.05) is 0 Å². The van der Waals surface area contributed by atoms with E-state index < -0.39 is 6.09 Å². The molecule has 2 N–H and O–H groups in total. The van der Waals surface area contributed by atoms with Gasteiger partial charge in [0.25, 0.3) is 0 Å². The lowest BCUT2D eigenvalue weighted by Gasteiger charge is -2.31. The van der Waals surface area contributed by atoms with Crippen molar-refractivity contribution in [2.24, 2.45) is 0 Å². The predicted molar refractivity (Wildman–Crippen MR) is 56.8 cm³/mol. The number of ether oxygens (including phenoxy) is 1. The van der Waals surface area contributed by atoms with E-state index in [2.05, 4.69) is 5.32 Å². The molecule has 0 atom stereocenters. The number of aliphatic hydroxyl groups is 1. The van der Waals surface area contributed by atoms with Crippen LogP contribution in [0.1, 0.15) is 19.8 Å². The quantitative estimate of drug-likeness (QED) is 0.698. The van der Waals surface area contributed by atoms with Crippen molar-refractivity contribution in [3.05, 3.63) is 0 Å². The van der Waals surface area contributed by atoms with Gasteiger partial charge in [-0.2, -0.15) is 0 Å². The molecular weight excluding hydrogens is 212 g/mol. The van der Waals surface area contributed by atoms with Gasteiger partial charge in [-0.1, -0.05) is 0 Å². The van der Waals surface area contributed by atoms with Gasteiger partial charge in [-0.3, -0.25) is 4.79 Å². The number of rotatable bonds is 3. The average molecular weight is 230 g/mol. The van der Waals surface area contributed by atoms with Gasteiger partial charge in [-0.15, -0.1) is 0 Å². The molecule has 1 heterocycles. The number of piperidine rings is 1. The smallest absolute Gasteiger partial charge is 0.409 e. The van der Waals surface area contributed by atoms with Crippen LogP contribution in [0.15, 0.2) is 0 Å². The first-order valence-corrected chi connectivity index (χ1v) is 5.43. The van der Waals surface area contributed by atoms with Crippen LogP contribution in [0.25, 0.3) is 0 Å². The molecule has 0 aromatic heterocycles. The topological polar surface area (TPSA) is 78.9 Å². The van der Waals surface area contributed by atoms with E-state index in [1.54, 1.807) is 4.90 Å². The monoisotopic (exact) mass is 230 g/mol. The van der Waals surface area contributed by atoms with Gasteiger partial charge in [0, 0.05) is 26.1 Å². The normalized spacial score (nSPS) is 17.0. The summed E-state index contributed by atoms with van der Waals surface area (Å²) in [4.78, 5) is 23.8. The Morgan fingerprint density at radius 2 is 2.06 bits per heavy atom. The third kappa shape index (κ3) is 4.06. The molecule has 1 aliphatic heterocycles. The van der Waals surface area contributed by atoms with E-state index in [0.29, 0.717) is 13.1 Å². The van der Waals surface area contributed by atoms with E-state index in [1.165, 1.54) is 6.92 Å². The highest BCUT2D eigenvalue weighted by atomic mass is 16.6. The summed E-state index contributed by atoms with van der Waals surface area (Å²) in [6, 6.07) is 0.152. The molecular formula is C10H18N2O4. The summed E-state index contributed by atoms with van der Waals surface area (Å²) in [5.41, 5.74) is 0. The van der Waals surface area contributed by atoms with Gasteiger partial charge >= 0.3 is 6.09 Å². The van der Waals surface area contributed by atoms with Crippen molar-refractivity contribution >= 4 is 12.0 Å². The van der Waals surface area contributed by atoms with Gasteiger partial charge in [0.2, 0.25) is 5.91 Å². The third-order valence-corrected chi connectivity index (χ3v) is 2.48. The number of likely N-dealkylation sites (tertiary alicyclic amines) is 1. The van der Waals surface area contributed by atoms with Crippen molar-refractivity contribution in [2.45, 2.75) is 25.8 Å². The Morgan fingerprint density at radius 1 is 1.44 bits per heavy atom. The Balaban J connectivity index is 2.25. The van der Waals surface area contributed by atoms with E-state index in [-0.39, 0.29) is 25.2 Å². The van der Waals surface area contributed by atoms with Crippen LogP contribution in [0, 0.1) is 0 Å².